The van der Waals surface area contributed by atoms with E-state index in [1.165, 1.54) is 58.4 Å². The van der Waals surface area contributed by atoms with Crippen LogP contribution in [0.5, 0.6) is 0 Å². The molecule has 0 spiro atoms. The van der Waals surface area contributed by atoms with Crippen molar-refractivity contribution in [3.05, 3.63) is 0 Å². The fourth-order valence-corrected chi connectivity index (χ4v) is 3.10. The predicted molar refractivity (Wildman–Crippen MR) is 82.6 cm³/mol. The first kappa shape index (κ1) is 15.3. The van der Waals surface area contributed by atoms with E-state index in [-0.39, 0.29) is 0 Å². The van der Waals surface area contributed by atoms with Gasteiger partial charge in [0.15, 0.2) is 0 Å². The standard InChI is InChI=1S/C16H33N3/c1-4-5-16(12-17-14(2)3)19-10-8-18(9-11-19)13-15-6-7-15/h14-17H,4-13H2,1-3H3. The fraction of sp³-hybridized carbons (Fsp3) is 1.00. The number of rotatable bonds is 8. The number of hydrogen-bond donors (Lipinski definition) is 1. The van der Waals surface area contributed by atoms with Gasteiger partial charge in [-0.1, -0.05) is 27.2 Å². The molecule has 1 unspecified atom stereocenters. The molecule has 3 nitrogen and oxygen atoms in total. The summed E-state index contributed by atoms with van der Waals surface area (Å²) in [6.07, 6.45) is 5.60. The lowest BCUT2D eigenvalue weighted by atomic mass is 10.1. The van der Waals surface area contributed by atoms with E-state index >= 15 is 0 Å². The normalized spacial score (nSPS) is 24.0. The van der Waals surface area contributed by atoms with E-state index in [0.717, 1.165) is 18.5 Å². The highest BCUT2D eigenvalue weighted by molar-refractivity contribution is 4.83. The highest BCUT2D eigenvalue weighted by atomic mass is 15.3. The zero-order valence-electron chi connectivity index (χ0n) is 13.2. The van der Waals surface area contributed by atoms with Crippen molar-refractivity contribution < 1.29 is 0 Å². The van der Waals surface area contributed by atoms with E-state index in [9.17, 15) is 0 Å². The van der Waals surface area contributed by atoms with Gasteiger partial charge in [-0.3, -0.25) is 4.90 Å². The summed E-state index contributed by atoms with van der Waals surface area (Å²) in [6, 6.07) is 1.35. The van der Waals surface area contributed by atoms with Crippen LogP contribution < -0.4 is 5.32 Å². The van der Waals surface area contributed by atoms with E-state index in [1.807, 2.05) is 0 Å². The van der Waals surface area contributed by atoms with Crippen molar-refractivity contribution in [3.8, 4) is 0 Å². The Morgan fingerprint density at radius 2 is 1.79 bits per heavy atom. The van der Waals surface area contributed by atoms with Crippen LogP contribution in [0.15, 0.2) is 0 Å². The monoisotopic (exact) mass is 267 g/mol. The first-order chi connectivity index (χ1) is 9.19. The molecule has 1 heterocycles. The summed E-state index contributed by atoms with van der Waals surface area (Å²) in [6.45, 7) is 14.5. The summed E-state index contributed by atoms with van der Waals surface area (Å²) >= 11 is 0. The van der Waals surface area contributed by atoms with Crippen LogP contribution in [0.25, 0.3) is 0 Å². The summed E-state index contributed by atoms with van der Waals surface area (Å²) in [5, 5.41) is 3.63. The molecule has 1 aliphatic heterocycles. The minimum Gasteiger partial charge on any atom is -0.313 e. The summed E-state index contributed by atoms with van der Waals surface area (Å²) in [5.74, 6) is 1.04. The summed E-state index contributed by atoms with van der Waals surface area (Å²) in [7, 11) is 0. The number of hydrogen-bond acceptors (Lipinski definition) is 3. The molecular weight excluding hydrogens is 234 g/mol. The van der Waals surface area contributed by atoms with Gasteiger partial charge in [-0.25, -0.2) is 0 Å². The molecule has 2 aliphatic rings. The van der Waals surface area contributed by atoms with Crippen molar-refractivity contribution in [2.45, 2.75) is 58.5 Å². The van der Waals surface area contributed by atoms with E-state index in [4.69, 9.17) is 0 Å². The molecule has 1 N–H and O–H groups in total. The molecule has 1 saturated carbocycles. The maximum atomic E-state index is 3.63. The third-order valence-corrected chi connectivity index (χ3v) is 4.52. The maximum Gasteiger partial charge on any atom is 0.0221 e. The van der Waals surface area contributed by atoms with Crippen LogP contribution in [0.3, 0.4) is 0 Å². The van der Waals surface area contributed by atoms with Gasteiger partial charge in [0.05, 0.1) is 0 Å². The summed E-state index contributed by atoms with van der Waals surface area (Å²) in [4.78, 5) is 5.41. The first-order valence-electron chi connectivity index (χ1n) is 8.38. The van der Waals surface area contributed by atoms with Gasteiger partial charge >= 0.3 is 0 Å². The number of nitrogens with one attached hydrogen (secondary N) is 1. The average Bonchev–Trinajstić information content (AvgIpc) is 3.19. The molecule has 2 fully saturated rings. The smallest absolute Gasteiger partial charge is 0.0221 e. The van der Waals surface area contributed by atoms with Gasteiger partial charge in [0, 0.05) is 51.4 Å². The SMILES string of the molecule is CCCC(CNC(C)C)N1CCN(CC2CC2)CC1. The van der Waals surface area contributed by atoms with Crippen LogP contribution in [0.4, 0.5) is 0 Å². The maximum absolute atomic E-state index is 3.63. The topological polar surface area (TPSA) is 18.5 Å². The molecule has 1 saturated heterocycles. The average molecular weight is 267 g/mol. The largest absolute Gasteiger partial charge is 0.313 e. The highest BCUT2D eigenvalue weighted by Crippen LogP contribution is 2.30. The van der Waals surface area contributed by atoms with Gasteiger partial charge in [-0.15, -0.1) is 0 Å². The molecule has 1 atom stereocenters. The third-order valence-electron chi connectivity index (χ3n) is 4.52. The lowest BCUT2D eigenvalue weighted by molar-refractivity contribution is 0.0875. The molecule has 19 heavy (non-hydrogen) atoms. The lowest BCUT2D eigenvalue weighted by Gasteiger charge is -2.39. The second-order valence-electron chi connectivity index (χ2n) is 6.79. The summed E-state index contributed by atoms with van der Waals surface area (Å²) < 4.78 is 0. The Balaban J connectivity index is 1.71. The first-order valence-corrected chi connectivity index (χ1v) is 8.38. The van der Waals surface area contributed by atoms with Crippen molar-refractivity contribution in [2.24, 2.45) is 5.92 Å². The molecule has 2 rings (SSSR count). The van der Waals surface area contributed by atoms with E-state index in [2.05, 4.69) is 35.9 Å². The van der Waals surface area contributed by atoms with Crippen LogP contribution in [0.2, 0.25) is 0 Å². The Labute approximate surface area is 119 Å². The molecule has 0 aromatic heterocycles. The molecule has 0 radical (unpaired) electrons. The van der Waals surface area contributed by atoms with Gasteiger partial charge in [0.2, 0.25) is 0 Å². The predicted octanol–water partition coefficient (Wildman–Crippen LogP) is 2.18. The molecule has 0 amide bonds. The lowest BCUT2D eigenvalue weighted by Crippen LogP contribution is -2.53. The van der Waals surface area contributed by atoms with E-state index < -0.39 is 0 Å². The minimum atomic E-state index is 0.607. The molecule has 0 aromatic carbocycles. The van der Waals surface area contributed by atoms with Crippen LogP contribution >= 0.6 is 0 Å². The molecule has 3 heteroatoms. The van der Waals surface area contributed by atoms with Crippen molar-refractivity contribution >= 4 is 0 Å². The zero-order valence-corrected chi connectivity index (χ0v) is 13.2. The third kappa shape index (κ3) is 5.41. The van der Waals surface area contributed by atoms with Crippen molar-refractivity contribution in [2.75, 3.05) is 39.3 Å². The molecule has 0 bridgehead atoms. The fourth-order valence-electron chi connectivity index (χ4n) is 3.10. The Morgan fingerprint density at radius 1 is 1.11 bits per heavy atom. The molecule has 112 valence electrons. The second kappa shape index (κ2) is 7.61. The van der Waals surface area contributed by atoms with E-state index in [1.54, 1.807) is 0 Å². The zero-order chi connectivity index (χ0) is 13.7. The van der Waals surface area contributed by atoms with Gasteiger partial charge < -0.3 is 10.2 Å². The highest BCUT2D eigenvalue weighted by Gasteiger charge is 2.28. The van der Waals surface area contributed by atoms with Gasteiger partial charge in [-0.2, -0.15) is 0 Å². The number of nitrogens with zero attached hydrogens (tertiary/aromatic N) is 2. The Kier molecular flexibility index (Phi) is 6.11. The van der Waals surface area contributed by atoms with Gasteiger partial charge in [0.1, 0.15) is 0 Å². The Hall–Kier alpha value is -0.120. The van der Waals surface area contributed by atoms with Crippen LogP contribution in [-0.2, 0) is 0 Å². The Bertz CT molecular complexity index is 242. The van der Waals surface area contributed by atoms with Crippen molar-refractivity contribution in [1.29, 1.82) is 0 Å². The van der Waals surface area contributed by atoms with Crippen LogP contribution in [-0.4, -0.2) is 61.2 Å². The van der Waals surface area contributed by atoms with E-state index in [0.29, 0.717) is 6.04 Å². The van der Waals surface area contributed by atoms with Crippen molar-refractivity contribution in [1.82, 2.24) is 15.1 Å². The van der Waals surface area contributed by atoms with Gasteiger partial charge in [0.25, 0.3) is 0 Å². The second-order valence-corrected chi connectivity index (χ2v) is 6.79. The van der Waals surface area contributed by atoms with Gasteiger partial charge in [-0.05, 0) is 25.2 Å². The number of piperazine rings is 1. The summed E-state index contributed by atoms with van der Waals surface area (Å²) in [5.41, 5.74) is 0. The molecule has 1 aliphatic carbocycles. The van der Waals surface area contributed by atoms with Crippen LogP contribution in [0.1, 0.15) is 46.5 Å². The quantitative estimate of drug-likeness (QED) is 0.727. The minimum absolute atomic E-state index is 0.607. The van der Waals surface area contributed by atoms with Crippen molar-refractivity contribution in [3.63, 3.8) is 0 Å². The Morgan fingerprint density at radius 3 is 2.32 bits per heavy atom. The molecular formula is C16H33N3. The molecule has 0 aromatic rings. The van der Waals surface area contributed by atoms with Crippen LogP contribution in [0, 0.1) is 5.92 Å².